The van der Waals surface area contributed by atoms with Crippen LogP contribution in [0.2, 0.25) is 0 Å². The molecule has 2 amide bonds. The first-order valence-electron chi connectivity index (χ1n) is 16.8. The van der Waals surface area contributed by atoms with Crippen LogP contribution in [0.25, 0.3) is 0 Å². The van der Waals surface area contributed by atoms with Crippen LogP contribution in [0.3, 0.4) is 0 Å². The van der Waals surface area contributed by atoms with Crippen LogP contribution in [0.15, 0.2) is 58.6 Å². The molecule has 2 aromatic heterocycles. The standard InChI is InChI=1S/C17H17ClF3N3O4S.C17H22N4O4S/c1-11-5-12(7-13(6-11)17(19,20)21)10-28-16(25)23-3-2-4-24-14(9-23)8-15(22-24)29(18,26)27;1-12-6-13(2)8-14(7-12)11-25-17(22)20-4-3-5-21-15(10-20)9-16(19-21)26(18,23)24/h5-8H,2-4,9-10H2,1H3;6-9H,3-5,10-11H2,1-2H3,(H2,18,23,24). The molecule has 0 atom stereocenters. The zero-order chi connectivity index (χ0) is 40.3. The quantitative estimate of drug-likeness (QED) is 0.248. The van der Waals surface area contributed by atoms with E-state index in [4.69, 9.17) is 25.3 Å². The summed E-state index contributed by atoms with van der Waals surface area (Å²) in [5.41, 5.74) is 4.07. The average molecular weight is 830 g/mol. The molecular formula is C34H39ClF3N7O8S2. The van der Waals surface area contributed by atoms with Gasteiger partial charge in [-0.05, 0) is 56.9 Å². The zero-order valence-electron chi connectivity index (χ0n) is 30.0. The van der Waals surface area contributed by atoms with Crippen LogP contribution in [0.1, 0.15) is 57.6 Å². The number of ether oxygens (including phenoxy) is 2. The summed E-state index contributed by atoms with van der Waals surface area (Å²) in [7, 11) is -2.56. The van der Waals surface area contributed by atoms with E-state index in [-0.39, 0.29) is 41.9 Å². The lowest BCUT2D eigenvalue weighted by atomic mass is 10.1. The van der Waals surface area contributed by atoms with E-state index in [1.54, 1.807) is 9.58 Å². The first-order valence-corrected chi connectivity index (χ1v) is 20.7. The van der Waals surface area contributed by atoms with Crippen LogP contribution in [0, 0.1) is 20.8 Å². The molecule has 55 heavy (non-hydrogen) atoms. The van der Waals surface area contributed by atoms with Crippen molar-refractivity contribution < 1.29 is 49.1 Å². The highest BCUT2D eigenvalue weighted by Gasteiger charge is 2.31. The van der Waals surface area contributed by atoms with Gasteiger partial charge in [-0.25, -0.2) is 31.6 Å². The lowest BCUT2D eigenvalue weighted by Gasteiger charge is -2.19. The SMILES string of the molecule is Cc1cc(C)cc(COC(=O)N2CCCn3nc(S(N)(=O)=O)cc3C2)c1.Cc1cc(COC(=O)N2CCCn3nc(S(=O)(=O)Cl)cc3C2)cc(C(F)(F)F)c1. The number of carbonyl (C=O) groups is 2. The maximum absolute atomic E-state index is 12.9. The predicted octanol–water partition coefficient (Wildman–Crippen LogP) is 5.37. The molecular weight excluding hydrogens is 791 g/mol. The van der Waals surface area contributed by atoms with Gasteiger partial charge in [0.15, 0.2) is 10.1 Å². The third-order valence-electron chi connectivity index (χ3n) is 8.51. The first-order chi connectivity index (χ1) is 25.7. The van der Waals surface area contributed by atoms with Crippen LogP contribution >= 0.6 is 10.7 Å². The van der Waals surface area contributed by atoms with Gasteiger partial charge in [0.05, 0.1) is 30.0 Å². The maximum Gasteiger partial charge on any atom is 0.416 e. The van der Waals surface area contributed by atoms with Gasteiger partial charge in [0, 0.05) is 49.0 Å². The minimum Gasteiger partial charge on any atom is -0.445 e. The third kappa shape index (κ3) is 11.2. The van der Waals surface area contributed by atoms with Gasteiger partial charge in [-0.2, -0.15) is 23.4 Å². The molecule has 0 radical (unpaired) electrons. The van der Waals surface area contributed by atoms with Crippen LogP contribution in [0.4, 0.5) is 22.8 Å². The highest BCUT2D eigenvalue weighted by molar-refractivity contribution is 8.13. The number of nitrogens with two attached hydrogens (primary N) is 1. The zero-order valence-corrected chi connectivity index (χ0v) is 32.4. The van der Waals surface area contributed by atoms with Crippen LogP contribution in [-0.4, -0.2) is 71.5 Å². The smallest absolute Gasteiger partial charge is 0.416 e. The third-order valence-corrected chi connectivity index (χ3v) is 10.5. The van der Waals surface area contributed by atoms with Crippen LogP contribution in [-0.2, 0) is 74.1 Å². The van der Waals surface area contributed by atoms with E-state index in [2.05, 4.69) is 16.3 Å². The van der Waals surface area contributed by atoms with Crippen molar-refractivity contribution in [3.05, 3.63) is 93.3 Å². The minimum absolute atomic E-state index is 0.0415. The molecule has 2 aliphatic rings. The maximum atomic E-state index is 12.9. The van der Waals surface area contributed by atoms with Crippen LogP contribution < -0.4 is 5.14 Å². The molecule has 0 spiro atoms. The number of rotatable bonds is 6. The van der Waals surface area contributed by atoms with E-state index in [1.165, 1.54) is 34.7 Å². The number of nitrogens with zero attached hydrogens (tertiary/aromatic N) is 6. The van der Waals surface area contributed by atoms with Gasteiger partial charge in [0.2, 0.25) is 0 Å². The molecule has 15 nitrogen and oxygen atoms in total. The Morgan fingerprint density at radius 2 is 1.15 bits per heavy atom. The van der Waals surface area contributed by atoms with Crippen molar-refractivity contribution in [2.75, 3.05) is 13.1 Å². The highest BCUT2D eigenvalue weighted by atomic mass is 35.7. The summed E-state index contributed by atoms with van der Waals surface area (Å²) in [5, 5.41) is 12.6. The molecule has 0 bridgehead atoms. The fourth-order valence-electron chi connectivity index (χ4n) is 6.18. The summed E-state index contributed by atoms with van der Waals surface area (Å²) in [4.78, 5) is 27.7. The van der Waals surface area contributed by atoms with Crippen molar-refractivity contribution in [1.29, 1.82) is 0 Å². The summed E-state index contributed by atoms with van der Waals surface area (Å²) < 4.78 is 98.3. The van der Waals surface area contributed by atoms with Gasteiger partial charge >= 0.3 is 18.4 Å². The molecule has 0 aliphatic carbocycles. The van der Waals surface area contributed by atoms with E-state index in [9.17, 15) is 39.6 Å². The Kier molecular flexibility index (Phi) is 12.5. The summed E-state index contributed by atoms with van der Waals surface area (Å²) in [6, 6.07) is 12.2. The van der Waals surface area contributed by atoms with Crippen molar-refractivity contribution in [1.82, 2.24) is 29.4 Å². The number of halogens is 4. The van der Waals surface area contributed by atoms with Gasteiger partial charge < -0.3 is 19.3 Å². The number of aryl methyl sites for hydroxylation is 5. The fraction of sp³-hybridized carbons (Fsp3) is 0.412. The Labute approximate surface area is 320 Å². The van der Waals surface area contributed by atoms with E-state index in [0.717, 1.165) is 28.8 Å². The van der Waals surface area contributed by atoms with E-state index in [0.29, 0.717) is 56.0 Å². The summed E-state index contributed by atoms with van der Waals surface area (Å²) in [6.07, 6.45) is -4.50. The van der Waals surface area contributed by atoms with Crippen molar-refractivity contribution in [3.63, 3.8) is 0 Å². The van der Waals surface area contributed by atoms with Gasteiger partial charge in [-0.15, -0.1) is 0 Å². The molecule has 6 rings (SSSR count). The van der Waals surface area contributed by atoms with E-state index < -0.39 is 43.0 Å². The normalized spacial score (nSPS) is 14.8. The van der Waals surface area contributed by atoms with Gasteiger partial charge in [-0.3, -0.25) is 9.36 Å². The molecule has 0 saturated carbocycles. The van der Waals surface area contributed by atoms with Crippen molar-refractivity contribution in [3.8, 4) is 0 Å². The Hall–Kier alpha value is -4.66. The number of amides is 2. The molecule has 2 aromatic carbocycles. The number of benzene rings is 2. The van der Waals surface area contributed by atoms with E-state index in [1.807, 2.05) is 26.0 Å². The van der Waals surface area contributed by atoms with Crippen LogP contribution in [0.5, 0.6) is 0 Å². The number of sulfonamides is 1. The monoisotopic (exact) mass is 829 g/mol. The molecule has 0 fully saturated rings. The number of carbonyl (C=O) groups excluding carboxylic acids is 2. The minimum atomic E-state index is -4.49. The number of alkyl halides is 3. The lowest BCUT2D eigenvalue weighted by molar-refractivity contribution is -0.137. The van der Waals surface area contributed by atoms with E-state index >= 15 is 0 Å². The van der Waals surface area contributed by atoms with Gasteiger partial charge in [-0.1, -0.05) is 41.0 Å². The molecule has 0 saturated heterocycles. The summed E-state index contributed by atoms with van der Waals surface area (Å²) >= 11 is 0. The number of primary sulfonamides is 1. The van der Waals surface area contributed by atoms with Gasteiger partial charge in [0.25, 0.3) is 19.1 Å². The Morgan fingerprint density at radius 1 is 0.709 bits per heavy atom. The number of fused-ring (bicyclic) bond motifs is 2. The Morgan fingerprint density at radius 3 is 1.60 bits per heavy atom. The summed E-state index contributed by atoms with van der Waals surface area (Å²) in [5.74, 6) is 0. The summed E-state index contributed by atoms with van der Waals surface area (Å²) in [6.45, 7) is 7.42. The highest BCUT2D eigenvalue weighted by Crippen LogP contribution is 2.31. The molecule has 4 aromatic rings. The fourth-order valence-corrected chi connectivity index (χ4v) is 7.39. The Bertz CT molecular complexity index is 2280. The van der Waals surface area contributed by atoms with Crippen molar-refractivity contribution in [2.24, 2.45) is 5.14 Å². The first kappa shape index (κ1) is 41.5. The average Bonchev–Trinajstić information content (AvgIpc) is 3.56. The second kappa shape index (κ2) is 16.6. The Balaban J connectivity index is 0.000000212. The molecule has 4 heterocycles. The molecule has 0 unspecified atom stereocenters. The number of hydrogen-bond donors (Lipinski definition) is 1. The predicted molar refractivity (Wildman–Crippen MR) is 191 cm³/mol. The van der Waals surface area contributed by atoms with Crippen molar-refractivity contribution >= 4 is 41.9 Å². The molecule has 2 aliphatic heterocycles. The van der Waals surface area contributed by atoms with Crippen molar-refractivity contribution in [2.45, 2.75) is 89.2 Å². The molecule has 298 valence electrons. The second-order valence-corrected chi connectivity index (χ2v) is 17.3. The topological polar surface area (TPSA) is 189 Å². The molecule has 21 heteroatoms. The van der Waals surface area contributed by atoms with Gasteiger partial charge in [0.1, 0.15) is 13.2 Å². The number of aromatic nitrogens is 4. The lowest BCUT2D eigenvalue weighted by Crippen LogP contribution is -2.31. The second-order valence-electron chi connectivity index (χ2n) is 13.2. The largest absolute Gasteiger partial charge is 0.445 e. The number of hydrogen-bond acceptors (Lipinski definition) is 10. The molecule has 2 N–H and O–H groups in total.